The Morgan fingerprint density at radius 2 is 1.27 bits per heavy atom. The Labute approximate surface area is 89.0 Å². The summed E-state index contributed by atoms with van der Waals surface area (Å²) in [5, 5.41) is 0. The van der Waals surface area contributed by atoms with Crippen LogP contribution in [0.25, 0.3) is 0 Å². The van der Waals surface area contributed by atoms with E-state index in [1.807, 2.05) is 0 Å². The van der Waals surface area contributed by atoms with E-state index in [4.69, 9.17) is 9.47 Å². The minimum absolute atomic E-state index is 0.330. The highest BCUT2D eigenvalue weighted by atomic mass is 28.2. The number of fused-ring (bicyclic) bond motifs is 8. The molecule has 3 rings (SSSR count). The van der Waals surface area contributed by atoms with Crippen LogP contribution in [0.4, 0.5) is 0 Å². The number of rotatable bonds is 0. The summed E-state index contributed by atoms with van der Waals surface area (Å²) < 4.78 is 10.0. The molecule has 0 saturated carbocycles. The molecule has 0 amide bonds. The molecule has 2 aliphatic rings. The van der Waals surface area contributed by atoms with Gasteiger partial charge in [0.15, 0.2) is 0 Å². The van der Waals surface area contributed by atoms with E-state index in [2.05, 4.69) is 0 Å². The highest BCUT2D eigenvalue weighted by Gasteiger charge is 2.12. The van der Waals surface area contributed by atoms with Crippen LogP contribution in [0, 0.1) is 0 Å². The van der Waals surface area contributed by atoms with Gasteiger partial charge in [-0.25, -0.2) is 9.59 Å². The number of carbonyl (C=O) groups excluding carboxylic acids is 2. The number of hydrogen-bond donors (Lipinski definition) is 0. The lowest BCUT2D eigenvalue weighted by atomic mass is 10.1. The largest absolute Gasteiger partial charge is 0.466 e. The minimum Gasteiger partial charge on any atom is -0.466 e. The zero-order valence-corrected chi connectivity index (χ0v) is 9.48. The molecule has 0 N–H and O–H groups in total. The molecule has 0 aromatic heterocycles. The molecule has 15 heavy (non-hydrogen) atoms. The van der Waals surface area contributed by atoms with Crippen molar-refractivity contribution in [2.75, 3.05) is 12.5 Å². The molecular weight excluding hydrogens is 212 g/mol. The van der Waals surface area contributed by atoms with Gasteiger partial charge in [-0.2, -0.15) is 0 Å². The Kier molecular flexibility index (Phi) is 2.82. The van der Waals surface area contributed by atoms with Crippen LogP contribution < -0.4 is 0 Å². The third-order valence-electron chi connectivity index (χ3n) is 2.11. The lowest BCUT2D eigenvalue weighted by Gasteiger charge is -2.02. The number of carbonyl (C=O) groups is 2. The molecule has 0 fully saturated rings. The van der Waals surface area contributed by atoms with E-state index in [-0.39, 0.29) is 11.9 Å². The van der Waals surface area contributed by atoms with Crippen LogP contribution in [-0.4, -0.2) is 33.9 Å². The first kappa shape index (κ1) is 9.91. The van der Waals surface area contributed by atoms with Gasteiger partial charge in [0, 0.05) is 0 Å². The van der Waals surface area contributed by atoms with E-state index in [0.29, 0.717) is 23.6 Å². The highest BCUT2D eigenvalue weighted by molar-refractivity contribution is 6.35. The van der Waals surface area contributed by atoms with Gasteiger partial charge in [-0.3, -0.25) is 0 Å². The maximum Gasteiger partial charge on any atom is 0.337 e. The predicted octanol–water partition coefficient (Wildman–Crippen LogP) is 0.0976. The molecule has 2 aliphatic heterocycles. The van der Waals surface area contributed by atoms with Crippen molar-refractivity contribution in [3.05, 3.63) is 35.4 Å². The summed E-state index contributed by atoms with van der Waals surface area (Å²) in [6.45, 7) is 0. The molecule has 2 bridgehead atoms. The van der Waals surface area contributed by atoms with E-state index >= 15 is 0 Å². The third kappa shape index (κ3) is 2.24. The summed E-state index contributed by atoms with van der Waals surface area (Å²) >= 11 is 0. The van der Waals surface area contributed by atoms with Crippen molar-refractivity contribution in [3.63, 3.8) is 0 Å². The van der Waals surface area contributed by atoms with Gasteiger partial charge in [0.25, 0.3) is 0 Å². The number of ether oxygens (including phenoxy) is 2. The fraction of sp³-hybridized carbons (Fsp3) is 0.200. The number of benzene rings is 1. The Bertz CT molecular complexity index is 348. The van der Waals surface area contributed by atoms with Gasteiger partial charge in [0.2, 0.25) is 0 Å². The first-order valence-electron chi connectivity index (χ1n) is 4.72. The third-order valence-corrected chi connectivity index (χ3v) is 3.10. The van der Waals surface area contributed by atoms with Crippen molar-refractivity contribution < 1.29 is 19.1 Å². The van der Waals surface area contributed by atoms with Crippen LogP contribution in [0.1, 0.15) is 20.7 Å². The summed E-state index contributed by atoms with van der Waals surface area (Å²) in [6, 6.07) is 6.30. The second kappa shape index (κ2) is 4.27. The van der Waals surface area contributed by atoms with Gasteiger partial charge in [-0.05, 0) is 24.3 Å². The summed E-state index contributed by atoms with van der Waals surface area (Å²) in [6.07, 6.45) is 0.819. The molecule has 0 radical (unpaired) electrons. The van der Waals surface area contributed by atoms with E-state index in [0.717, 1.165) is 0 Å². The van der Waals surface area contributed by atoms with Crippen molar-refractivity contribution >= 4 is 21.5 Å². The van der Waals surface area contributed by atoms with Crippen LogP contribution in [0.2, 0.25) is 0 Å². The maximum atomic E-state index is 11.4. The second-order valence-electron chi connectivity index (χ2n) is 3.20. The van der Waals surface area contributed by atoms with E-state index in [1.54, 1.807) is 24.3 Å². The zero-order valence-electron chi connectivity index (χ0n) is 8.06. The van der Waals surface area contributed by atoms with Crippen molar-refractivity contribution in [1.82, 2.24) is 0 Å². The second-order valence-corrected chi connectivity index (χ2v) is 4.73. The van der Waals surface area contributed by atoms with Gasteiger partial charge in [0.05, 0.1) is 23.6 Å². The minimum atomic E-state index is -0.651. The number of esters is 2. The standard InChI is InChI=1S/C10H10O4Si/c11-9-7-1-2-8(4-3-7)10(12)14-6-15-5-13-9/h1-4H,5-6,15H2. The summed E-state index contributed by atoms with van der Waals surface area (Å²) in [4.78, 5) is 22.8. The Morgan fingerprint density at radius 3 is 1.67 bits per heavy atom. The fourth-order valence-electron chi connectivity index (χ4n) is 1.30. The van der Waals surface area contributed by atoms with Gasteiger partial charge in [-0.1, -0.05) is 0 Å². The Balaban J connectivity index is 2.31. The Hall–Kier alpha value is -1.62. The zero-order chi connectivity index (χ0) is 10.7. The average molecular weight is 222 g/mol. The van der Waals surface area contributed by atoms with Crippen molar-refractivity contribution in [3.8, 4) is 0 Å². The molecule has 4 nitrogen and oxygen atoms in total. The molecule has 1 aromatic carbocycles. The molecule has 78 valence electrons. The summed E-state index contributed by atoms with van der Waals surface area (Å²) in [5.41, 5.74) is 0.949. The monoisotopic (exact) mass is 222 g/mol. The normalized spacial score (nSPS) is 16.5. The first-order chi connectivity index (χ1) is 7.27. The molecule has 0 spiro atoms. The molecule has 0 saturated heterocycles. The van der Waals surface area contributed by atoms with E-state index in [9.17, 15) is 9.59 Å². The van der Waals surface area contributed by atoms with Gasteiger partial charge >= 0.3 is 11.9 Å². The summed E-state index contributed by atoms with van der Waals surface area (Å²) in [7, 11) is -0.651. The molecule has 0 unspecified atom stereocenters. The van der Waals surface area contributed by atoms with Crippen LogP contribution in [0.5, 0.6) is 0 Å². The number of hydrogen-bond acceptors (Lipinski definition) is 4. The molecular formula is C10H10O4Si. The smallest absolute Gasteiger partial charge is 0.337 e. The van der Waals surface area contributed by atoms with Crippen molar-refractivity contribution in [2.24, 2.45) is 0 Å². The molecule has 2 heterocycles. The highest BCUT2D eigenvalue weighted by Crippen LogP contribution is 2.08. The lowest BCUT2D eigenvalue weighted by molar-refractivity contribution is 0.0553. The molecule has 0 atom stereocenters. The van der Waals surface area contributed by atoms with Crippen LogP contribution in [-0.2, 0) is 9.47 Å². The van der Waals surface area contributed by atoms with E-state index < -0.39 is 9.52 Å². The average Bonchev–Trinajstić information content (AvgIpc) is 2.31. The predicted molar refractivity (Wildman–Crippen MR) is 55.6 cm³/mol. The quantitative estimate of drug-likeness (QED) is 0.461. The van der Waals surface area contributed by atoms with Gasteiger partial charge in [0.1, 0.15) is 9.52 Å². The molecule has 1 aromatic rings. The van der Waals surface area contributed by atoms with E-state index in [1.165, 1.54) is 0 Å². The van der Waals surface area contributed by atoms with Crippen molar-refractivity contribution in [1.29, 1.82) is 0 Å². The van der Waals surface area contributed by atoms with Crippen LogP contribution in [0.15, 0.2) is 24.3 Å². The lowest BCUT2D eigenvalue weighted by Crippen LogP contribution is -2.16. The van der Waals surface area contributed by atoms with Gasteiger partial charge in [-0.15, -0.1) is 0 Å². The molecule has 0 aliphatic carbocycles. The SMILES string of the molecule is O=C1OC[SiH2]COC(=O)c2ccc1cc2. The van der Waals surface area contributed by atoms with Crippen LogP contribution >= 0.6 is 0 Å². The summed E-state index contributed by atoms with van der Waals surface area (Å²) in [5.74, 6) is -0.660. The van der Waals surface area contributed by atoms with Crippen molar-refractivity contribution in [2.45, 2.75) is 0 Å². The van der Waals surface area contributed by atoms with Crippen LogP contribution in [0.3, 0.4) is 0 Å². The Morgan fingerprint density at radius 1 is 0.867 bits per heavy atom. The first-order valence-corrected chi connectivity index (χ1v) is 6.72. The molecule has 5 heteroatoms. The topological polar surface area (TPSA) is 52.6 Å². The fourth-order valence-corrected chi connectivity index (χ4v) is 2.08. The van der Waals surface area contributed by atoms with Gasteiger partial charge < -0.3 is 9.47 Å². The maximum absolute atomic E-state index is 11.4.